The van der Waals surface area contributed by atoms with E-state index in [0.29, 0.717) is 6.04 Å². The first-order valence-corrected chi connectivity index (χ1v) is 7.72. The van der Waals surface area contributed by atoms with Gasteiger partial charge in [0, 0.05) is 17.1 Å². The van der Waals surface area contributed by atoms with Crippen molar-refractivity contribution in [2.24, 2.45) is 17.8 Å². The second-order valence-corrected chi connectivity index (χ2v) is 6.38. The van der Waals surface area contributed by atoms with E-state index in [0.717, 1.165) is 24.3 Å². The van der Waals surface area contributed by atoms with Crippen molar-refractivity contribution in [3.05, 3.63) is 16.6 Å². The summed E-state index contributed by atoms with van der Waals surface area (Å²) in [5.41, 5.74) is 1.95. The van der Waals surface area contributed by atoms with Gasteiger partial charge < -0.3 is 5.32 Å². The van der Waals surface area contributed by atoms with Crippen molar-refractivity contribution in [3.63, 3.8) is 0 Å². The Labute approximate surface area is 109 Å². The van der Waals surface area contributed by atoms with Crippen molar-refractivity contribution in [3.8, 4) is 0 Å². The number of hydrogen-bond acceptors (Lipinski definition) is 3. The molecule has 2 nitrogen and oxygen atoms in total. The van der Waals surface area contributed by atoms with Gasteiger partial charge in [0.2, 0.25) is 0 Å². The normalized spacial score (nSPS) is 31.4. The third-order valence-corrected chi connectivity index (χ3v) is 5.15. The first-order chi connectivity index (χ1) is 8.22. The zero-order chi connectivity index (χ0) is 12.3. The fourth-order valence-electron chi connectivity index (χ4n) is 2.99. The van der Waals surface area contributed by atoms with Gasteiger partial charge in [-0.25, -0.2) is 0 Å². The Morgan fingerprint density at radius 3 is 2.82 bits per heavy atom. The van der Waals surface area contributed by atoms with Gasteiger partial charge in [-0.1, -0.05) is 27.2 Å². The summed E-state index contributed by atoms with van der Waals surface area (Å²) in [4.78, 5) is 5.65. The molecule has 3 heteroatoms. The molecule has 0 amide bonds. The molecule has 1 heterocycles. The molecule has 4 atom stereocenters. The lowest BCUT2D eigenvalue weighted by atomic mass is 9.73. The number of aromatic nitrogens is 1. The maximum atomic E-state index is 4.23. The molecule has 1 aromatic rings. The lowest BCUT2D eigenvalue weighted by Crippen LogP contribution is -2.32. The van der Waals surface area contributed by atoms with E-state index >= 15 is 0 Å². The third kappa shape index (κ3) is 3.08. The monoisotopic (exact) mass is 252 g/mol. The summed E-state index contributed by atoms with van der Waals surface area (Å²) in [5, 5.41) is 3.66. The second kappa shape index (κ2) is 5.96. The van der Waals surface area contributed by atoms with E-state index in [1.807, 2.05) is 11.7 Å². The van der Waals surface area contributed by atoms with E-state index in [1.54, 1.807) is 11.3 Å². The first kappa shape index (κ1) is 13.0. The summed E-state index contributed by atoms with van der Waals surface area (Å²) < 4.78 is 0. The van der Waals surface area contributed by atoms with E-state index in [1.165, 1.54) is 24.1 Å². The van der Waals surface area contributed by atoms with Gasteiger partial charge in [0.15, 0.2) is 0 Å². The lowest BCUT2D eigenvalue weighted by Gasteiger charge is -2.36. The van der Waals surface area contributed by atoms with E-state index < -0.39 is 0 Å². The molecule has 0 aliphatic heterocycles. The van der Waals surface area contributed by atoms with Crippen molar-refractivity contribution in [2.45, 2.75) is 46.1 Å². The topological polar surface area (TPSA) is 24.9 Å². The van der Waals surface area contributed by atoms with E-state index in [2.05, 4.69) is 31.1 Å². The van der Waals surface area contributed by atoms with Gasteiger partial charge in [0.25, 0.3) is 0 Å². The molecule has 1 fully saturated rings. The quantitative estimate of drug-likeness (QED) is 0.880. The number of hydrogen-bond donors (Lipinski definition) is 1. The zero-order valence-corrected chi connectivity index (χ0v) is 12.0. The van der Waals surface area contributed by atoms with Crippen molar-refractivity contribution in [1.29, 1.82) is 0 Å². The fraction of sp³-hybridized carbons (Fsp3) is 0.786. The maximum absolute atomic E-state index is 4.23. The van der Waals surface area contributed by atoms with Crippen molar-refractivity contribution < 1.29 is 0 Å². The van der Waals surface area contributed by atoms with Crippen LogP contribution >= 0.6 is 11.3 Å². The van der Waals surface area contributed by atoms with Crippen LogP contribution in [0.5, 0.6) is 0 Å². The Balaban J connectivity index is 2.06. The molecule has 2 rings (SSSR count). The summed E-state index contributed by atoms with van der Waals surface area (Å²) in [6.07, 6.45) is 6.14. The number of nitrogens with one attached hydrogen (secondary N) is 1. The molecular weight excluding hydrogens is 228 g/mol. The average Bonchev–Trinajstić information content (AvgIpc) is 2.83. The number of rotatable bonds is 4. The van der Waals surface area contributed by atoms with Crippen LogP contribution in [0.4, 0.5) is 0 Å². The summed E-state index contributed by atoms with van der Waals surface area (Å²) in [5.74, 6) is 2.56. The largest absolute Gasteiger partial charge is 0.309 e. The summed E-state index contributed by atoms with van der Waals surface area (Å²) in [6, 6.07) is 0.530. The van der Waals surface area contributed by atoms with Crippen LogP contribution in [-0.2, 0) is 0 Å². The van der Waals surface area contributed by atoms with Gasteiger partial charge >= 0.3 is 0 Å². The van der Waals surface area contributed by atoms with Crippen LogP contribution in [0.3, 0.4) is 0 Å². The molecule has 96 valence electrons. The second-order valence-electron chi connectivity index (χ2n) is 5.47. The van der Waals surface area contributed by atoms with Crippen LogP contribution in [0.2, 0.25) is 0 Å². The summed E-state index contributed by atoms with van der Waals surface area (Å²) >= 11 is 1.79. The molecular formula is C14H24N2S. The minimum atomic E-state index is 0.530. The molecule has 0 radical (unpaired) electrons. The molecule has 1 aliphatic rings. The lowest BCUT2D eigenvalue weighted by molar-refractivity contribution is 0.173. The van der Waals surface area contributed by atoms with Gasteiger partial charge in [-0.15, -0.1) is 11.3 Å². The third-order valence-electron chi connectivity index (χ3n) is 4.29. The standard InChI is InChI=1S/C14H24N2S/c1-4-16-14(13-8-15-9-17-13)12-6-5-10(2)11(3)7-12/h8-12,14,16H,4-7H2,1-3H3. The molecule has 0 bridgehead atoms. The Bertz CT molecular complexity index is 323. The van der Waals surface area contributed by atoms with Crippen molar-refractivity contribution >= 4 is 11.3 Å². The fourth-order valence-corrected chi connectivity index (χ4v) is 3.78. The van der Waals surface area contributed by atoms with Crippen LogP contribution in [0.25, 0.3) is 0 Å². The number of thiazole rings is 1. The van der Waals surface area contributed by atoms with Crippen LogP contribution in [0.1, 0.15) is 51.0 Å². The molecule has 0 aromatic carbocycles. The average molecular weight is 252 g/mol. The highest BCUT2D eigenvalue weighted by molar-refractivity contribution is 7.09. The Kier molecular flexibility index (Phi) is 4.57. The molecule has 17 heavy (non-hydrogen) atoms. The molecule has 1 saturated carbocycles. The smallest absolute Gasteiger partial charge is 0.0794 e. The molecule has 1 N–H and O–H groups in total. The Morgan fingerprint density at radius 2 is 2.24 bits per heavy atom. The molecule has 0 spiro atoms. The van der Waals surface area contributed by atoms with Gasteiger partial charge in [-0.2, -0.15) is 0 Å². The van der Waals surface area contributed by atoms with Crippen LogP contribution in [-0.4, -0.2) is 11.5 Å². The molecule has 1 aromatic heterocycles. The maximum Gasteiger partial charge on any atom is 0.0794 e. The zero-order valence-electron chi connectivity index (χ0n) is 11.1. The van der Waals surface area contributed by atoms with Gasteiger partial charge in [-0.3, -0.25) is 4.98 Å². The Morgan fingerprint density at radius 1 is 1.41 bits per heavy atom. The van der Waals surface area contributed by atoms with E-state index in [9.17, 15) is 0 Å². The van der Waals surface area contributed by atoms with Gasteiger partial charge in [0.1, 0.15) is 0 Å². The summed E-state index contributed by atoms with van der Waals surface area (Å²) in [6.45, 7) is 8.05. The molecule has 1 aliphatic carbocycles. The van der Waals surface area contributed by atoms with Crippen LogP contribution in [0.15, 0.2) is 11.7 Å². The highest BCUT2D eigenvalue weighted by Crippen LogP contribution is 2.40. The predicted octanol–water partition coefficient (Wildman–Crippen LogP) is 3.87. The summed E-state index contributed by atoms with van der Waals surface area (Å²) in [7, 11) is 0. The van der Waals surface area contributed by atoms with Crippen molar-refractivity contribution in [1.82, 2.24) is 10.3 Å². The van der Waals surface area contributed by atoms with Gasteiger partial charge in [-0.05, 0) is 37.1 Å². The van der Waals surface area contributed by atoms with Gasteiger partial charge in [0.05, 0.1) is 5.51 Å². The SMILES string of the molecule is CCNC(c1cncs1)C1CCC(C)C(C)C1. The minimum Gasteiger partial charge on any atom is -0.309 e. The highest BCUT2D eigenvalue weighted by atomic mass is 32.1. The molecule has 0 saturated heterocycles. The minimum absolute atomic E-state index is 0.530. The Hall–Kier alpha value is -0.410. The predicted molar refractivity (Wildman–Crippen MR) is 74.2 cm³/mol. The number of nitrogens with zero attached hydrogens (tertiary/aromatic N) is 1. The highest BCUT2D eigenvalue weighted by Gasteiger charge is 2.31. The first-order valence-electron chi connectivity index (χ1n) is 6.84. The van der Waals surface area contributed by atoms with E-state index in [4.69, 9.17) is 0 Å². The molecule has 4 unspecified atom stereocenters. The van der Waals surface area contributed by atoms with E-state index in [-0.39, 0.29) is 0 Å². The van der Waals surface area contributed by atoms with Crippen molar-refractivity contribution in [2.75, 3.05) is 6.54 Å². The van der Waals surface area contributed by atoms with Crippen LogP contribution in [0, 0.1) is 17.8 Å². The van der Waals surface area contributed by atoms with Crippen LogP contribution < -0.4 is 5.32 Å².